The van der Waals surface area contributed by atoms with Crippen molar-refractivity contribution in [3.8, 4) is 6.07 Å². The van der Waals surface area contributed by atoms with E-state index in [0.29, 0.717) is 5.56 Å². The molecule has 0 saturated carbocycles. The molecule has 2 nitrogen and oxygen atoms in total. The summed E-state index contributed by atoms with van der Waals surface area (Å²) in [6.07, 6.45) is 0. The molecule has 5 heteroatoms. The van der Waals surface area contributed by atoms with Gasteiger partial charge in [0.15, 0.2) is 5.78 Å². The second-order valence-corrected chi connectivity index (χ2v) is 5.88. The predicted octanol–water partition coefficient (Wildman–Crippen LogP) is 4.14. The van der Waals surface area contributed by atoms with Crippen molar-refractivity contribution < 1.29 is 9.18 Å². The highest BCUT2D eigenvalue weighted by atomic mass is 79.9. The van der Waals surface area contributed by atoms with Crippen LogP contribution in [0.4, 0.5) is 4.39 Å². The third-order valence-electron chi connectivity index (χ3n) is 2.46. The Morgan fingerprint density at radius 2 is 2.17 bits per heavy atom. The molecular weight excluding hydrogens is 317 g/mol. The summed E-state index contributed by atoms with van der Waals surface area (Å²) in [5.41, 5.74) is 0.536. The van der Waals surface area contributed by atoms with Gasteiger partial charge in [-0.25, -0.2) is 4.39 Å². The molecule has 1 atom stereocenters. The first-order valence-electron chi connectivity index (χ1n) is 5.05. The van der Waals surface area contributed by atoms with Gasteiger partial charge in [-0.15, -0.1) is 11.3 Å². The van der Waals surface area contributed by atoms with Crippen LogP contribution in [0.1, 0.15) is 21.8 Å². The zero-order chi connectivity index (χ0) is 13.1. The molecule has 1 aromatic carbocycles. The van der Waals surface area contributed by atoms with Crippen LogP contribution in [0.15, 0.2) is 39.5 Å². The van der Waals surface area contributed by atoms with Crippen molar-refractivity contribution in [3.05, 3.63) is 56.4 Å². The molecule has 0 spiro atoms. The number of hydrogen-bond acceptors (Lipinski definition) is 3. The Morgan fingerprint density at radius 1 is 1.44 bits per heavy atom. The summed E-state index contributed by atoms with van der Waals surface area (Å²) in [6, 6.07) is 9.35. The van der Waals surface area contributed by atoms with Crippen LogP contribution in [0.2, 0.25) is 0 Å². The van der Waals surface area contributed by atoms with E-state index in [0.717, 1.165) is 3.79 Å². The standard InChI is InChI=1S/C13H7BrFNOS/c14-12-5-8(7-18-12)13(17)10(6-16)9-3-1-2-4-11(9)15/h1-5,7,10H. The number of nitriles is 1. The molecule has 18 heavy (non-hydrogen) atoms. The minimum Gasteiger partial charge on any atom is -0.292 e. The van der Waals surface area contributed by atoms with Crippen molar-refractivity contribution in [1.82, 2.24) is 0 Å². The van der Waals surface area contributed by atoms with Gasteiger partial charge in [-0.3, -0.25) is 4.79 Å². The van der Waals surface area contributed by atoms with Gasteiger partial charge in [0.25, 0.3) is 0 Å². The molecule has 1 aromatic heterocycles. The number of carbonyl (C=O) groups excluding carboxylic acids is 1. The van der Waals surface area contributed by atoms with E-state index in [4.69, 9.17) is 5.26 Å². The Bertz CT molecular complexity index is 632. The van der Waals surface area contributed by atoms with Gasteiger partial charge >= 0.3 is 0 Å². The lowest BCUT2D eigenvalue weighted by molar-refractivity contribution is 0.0978. The molecule has 0 aliphatic heterocycles. The lowest BCUT2D eigenvalue weighted by atomic mass is 9.93. The minimum absolute atomic E-state index is 0.118. The zero-order valence-electron chi connectivity index (χ0n) is 9.06. The molecule has 0 N–H and O–H groups in total. The first kappa shape index (κ1) is 12.9. The van der Waals surface area contributed by atoms with E-state index < -0.39 is 11.7 Å². The number of rotatable bonds is 3. The second-order valence-electron chi connectivity index (χ2n) is 3.59. The summed E-state index contributed by atoms with van der Waals surface area (Å²) in [5.74, 6) is -2.02. The first-order valence-corrected chi connectivity index (χ1v) is 6.73. The molecule has 1 heterocycles. The molecule has 0 aliphatic rings. The van der Waals surface area contributed by atoms with Crippen molar-refractivity contribution in [2.24, 2.45) is 0 Å². The van der Waals surface area contributed by atoms with Crippen LogP contribution in [0, 0.1) is 17.1 Å². The van der Waals surface area contributed by atoms with Gasteiger partial charge < -0.3 is 0 Å². The average molecular weight is 324 g/mol. The summed E-state index contributed by atoms with van der Waals surface area (Å²) < 4.78 is 14.4. The Kier molecular flexibility index (Phi) is 3.90. The fourth-order valence-electron chi connectivity index (χ4n) is 1.58. The van der Waals surface area contributed by atoms with Crippen LogP contribution >= 0.6 is 27.3 Å². The SMILES string of the molecule is N#CC(C(=O)c1csc(Br)c1)c1ccccc1F. The smallest absolute Gasteiger partial charge is 0.185 e. The summed E-state index contributed by atoms with van der Waals surface area (Å²) in [7, 11) is 0. The van der Waals surface area contributed by atoms with E-state index in [1.54, 1.807) is 17.5 Å². The van der Waals surface area contributed by atoms with E-state index in [-0.39, 0.29) is 11.3 Å². The number of halogens is 2. The Balaban J connectivity index is 2.39. The number of Topliss-reactive ketones (excluding diaryl/α,β-unsaturated/α-hetero) is 1. The van der Waals surface area contributed by atoms with E-state index >= 15 is 0 Å². The van der Waals surface area contributed by atoms with Gasteiger partial charge in [-0.2, -0.15) is 5.26 Å². The number of nitrogens with zero attached hydrogens (tertiary/aromatic N) is 1. The van der Waals surface area contributed by atoms with E-state index in [1.807, 2.05) is 6.07 Å². The minimum atomic E-state index is -1.10. The second kappa shape index (κ2) is 5.42. The number of thiophene rings is 1. The van der Waals surface area contributed by atoms with Crippen molar-refractivity contribution in [2.75, 3.05) is 0 Å². The predicted molar refractivity (Wildman–Crippen MR) is 71.1 cm³/mol. The lowest BCUT2D eigenvalue weighted by Crippen LogP contribution is -2.11. The molecule has 0 radical (unpaired) electrons. The number of ketones is 1. The summed E-state index contributed by atoms with van der Waals surface area (Å²) >= 11 is 4.60. The number of carbonyl (C=O) groups is 1. The fraction of sp³-hybridized carbons (Fsp3) is 0.0769. The van der Waals surface area contributed by atoms with Gasteiger partial charge in [-0.05, 0) is 28.1 Å². The highest BCUT2D eigenvalue weighted by Gasteiger charge is 2.25. The molecule has 0 bridgehead atoms. The van der Waals surface area contributed by atoms with Crippen LogP contribution in [0.25, 0.3) is 0 Å². The van der Waals surface area contributed by atoms with Crippen LogP contribution in [0.3, 0.4) is 0 Å². The quantitative estimate of drug-likeness (QED) is 0.796. The maximum atomic E-state index is 13.6. The monoisotopic (exact) mass is 323 g/mol. The normalized spacial score (nSPS) is 11.8. The van der Waals surface area contributed by atoms with Gasteiger partial charge in [0, 0.05) is 16.5 Å². The number of hydrogen-bond donors (Lipinski definition) is 0. The molecule has 2 aromatic rings. The third kappa shape index (κ3) is 2.50. The van der Waals surface area contributed by atoms with Crippen molar-refractivity contribution in [3.63, 3.8) is 0 Å². The molecule has 0 saturated heterocycles. The molecule has 90 valence electrons. The van der Waals surface area contributed by atoms with Crippen LogP contribution in [-0.2, 0) is 0 Å². The third-order valence-corrected chi connectivity index (χ3v) is 3.96. The fourth-order valence-corrected chi connectivity index (χ4v) is 2.73. The largest absolute Gasteiger partial charge is 0.292 e. The molecule has 0 aliphatic carbocycles. The summed E-state index contributed by atoms with van der Waals surface area (Å²) in [6.45, 7) is 0. The summed E-state index contributed by atoms with van der Waals surface area (Å²) in [4.78, 5) is 12.1. The van der Waals surface area contributed by atoms with Gasteiger partial charge in [0.05, 0.1) is 9.86 Å². The van der Waals surface area contributed by atoms with Crippen molar-refractivity contribution in [1.29, 1.82) is 5.26 Å². The zero-order valence-corrected chi connectivity index (χ0v) is 11.5. The van der Waals surface area contributed by atoms with Crippen LogP contribution in [0.5, 0.6) is 0 Å². The number of benzene rings is 1. The summed E-state index contributed by atoms with van der Waals surface area (Å²) in [5, 5.41) is 10.7. The molecule has 1 unspecified atom stereocenters. The van der Waals surface area contributed by atoms with Crippen LogP contribution in [-0.4, -0.2) is 5.78 Å². The maximum absolute atomic E-state index is 13.6. The highest BCUT2D eigenvalue weighted by Crippen LogP contribution is 2.27. The van der Waals surface area contributed by atoms with Crippen LogP contribution < -0.4 is 0 Å². The van der Waals surface area contributed by atoms with Crippen molar-refractivity contribution >= 4 is 33.0 Å². The maximum Gasteiger partial charge on any atom is 0.185 e. The molecule has 0 amide bonds. The van der Waals surface area contributed by atoms with Gasteiger partial charge in [-0.1, -0.05) is 18.2 Å². The molecule has 2 rings (SSSR count). The van der Waals surface area contributed by atoms with E-state index in [9.17, 15) is 9.18 Å². The molecular formula is C13H7BrFNOS. The van der Waals surface area contributed by atoms with Gasteiger partial charge in [0.2, 0.25) is 0 Å². The first-order chi connectivity index (χ1) is 8.63. The van der Waals surface area contributed by atoms with Crippen molar-refractivity contribution in [2.45, 2.75) is 5.92 Å². The highest BCUT2D eigenvalue weighted by molar-refractivity contribution is 9.11. The van der Waals surface area contributed by atoms with E-state index in [2.05, 4.69) is 15.9 Å². The topological polar surface area (TPSA) is 40.9 Å². The molecule has 0 fully saturated rings. The average Bonchev–Trinajstić information content (AvgIpc) is 2.79. The Hall–Kier alpha value is -1.51. The van der Waals surface area contributed by atoms with E-state index in [1.165, 1.54) is 29.5 Å². The Labute approximate surface area is 116 Å². The Morgan fingerprint density at radius 3 is 2.72 bits per heavy atom. The lowest BCUT2D eigenvalue weighted by Gasteiger charge is -2.08. The van der Waals surface area contributed by atoms with Gasteiger partial charge in [0.1, 0.15) is 11.7 Å².